The highest BCUT2D eigenvalue weighted by molar-refractivity contribution is 5.81. The van der Waals surface area contributed by atoms with Gasteiger partial charge >= 0.3 is 6.18 Å². The average Bonchev–Trinajstić information content (AvgIpc) is 2.55. The van der Waals surface area contributed by atoms with E-state index in [0.717, 1.165) is 5.39 Å². The molecule has 2 rings (SSSR count). The molecular weight excluding hydrogens is 229 g/mol. The van der Waals surface area contributed by atoms with Crippen molar-refractivity contribution in [2.75, 3.05) is 6.54 Å². The van der Waals surface area contributed by atoms with E-state index in [2.05, 4.69) is 0 Å². The van der Waals surface area contributed by atoms with Crippen molar-refractivity contribution in [3.8, 4) is 0 Å². The van der Waals surface area contributed by atoms with Crippen LogP contribution in [0, 0.1) is 6.92 Å². The summed E-state index contributed by atoms with van der Waals surface area (Å²) in [4.78, 5) is 0. The summed E-state index contributed by atoms with van der Waals surface area (Å²) >= 11 is 0. The molecule has 0 spiro atoms. The molecular formula is C12H13F3N2. The Morgan fingerprint density at radius 2 is 1.94 bits per heavy atom. The smallest absolute Gasteiger partial charge is 0.331 e. The Kier molecular flexibility index (Phi) is 2.87. The fourth-order valence-electron chi connectivity index (χ4n) is 2.11. The molecule has 5 heteroatoms. The minimum atomic E-state index is -4.33. The molecule has 0 bridgehead atoms. The summed E-state index contributed by atoms with van der Waals surface area (Å²) in [5, 5.41) is 0.799. The SMILES string of the molecule is Cc1cc2ccccc2n1C(CN)C(F)(F)F. The van der Waals surface area contributed by atoms with E-state index in [4.69, 9.17) is 5.73 Å². The monoisotopic (exact) mass is 242 g/mol. The van der Waals surface area contributed by atoms with Crippen molar-refractivity contribution in [3.63, 3.8) is 0 Å². The molecule has 1 heterocycles. The first kappa shape index (κ1) is 12.0. The molecule has 0 saturated carbocycles. The second-order valence-corrected chi connectivity index (χ2v) is 4.01. The lowest BCUT2D eigenvalue weighted by Crippen LogP contribution is -2.33. The third-order valence-corrected chi connectivity index (χ3v) is 2.85. The summed E-state index contributed by atoms with van der Waals surface area (Å²) < 4.78 is 39.9. The van der Waals surface area contributed by atoms with Gasteiger partial charge in [0.2, 0.25) is 0 Å². The molecule has 1 atom stereocenters. The maximum absolute atomic E-state index is 12.9. The van der Waals surface area contributed by atoms with Gasteiger partial charge in [0.15, 0.2) is 0 Å². The average molecular weight is 242 g/mol. The quantitative estimate of drug-likeness (QED) is 0.862. The van der Waals surface area contributed by atoms with Gasteiger partial charge in [0.25, 0.3) is 0 Å². The number of nitrogens with two attached hydrogens (primary N) is 1. The fourth-order valence-corrected chi connectivity index (χ4v) is 2.11. The lowest BCUT2D eigenvalue weighted by atomic mass is 10.2. The van der Waals surface area contributed by atoms with Gasteiger partial charge in [-0.25, -0.2) is 0 Å². The number of aromatic nitrogens is 1. The zero-order valence-corrected chi connectivity index (χ0v) is 9.33. The molecule has 0 fully saturated rings. The van der Waals surface area contributed by atoms with Gasteiger partial charge in [-0.3, -0.25) is 0 Å². The highest BCUT2D eigenvalue weighted by Crippen LogP contribution is 2.34. The van der Waals surface area contributed by atoms with E-state index in [1.807, 2.05) is 0 Å². The Labute approximate surface area is 96.8 Å². The first-order chi connectivity index (χ1) is 7.95. The van der Waals surface area contributed by atoms with Crippen molar-refractivity contribution in [2.45, 2.75) is 19.1 Å². The van der Waals surface area contributed by atoms with Gasteiger partial charge in [0.05, 0.1) is 0 Å². The number of rotatable bonds is 2. The molecule has 0 amide bonds. The first-order valence-electron chi connectivity index (χ1n) is 5.28. The van der Waals surface area contributed by atoms with Gasteiger partial charge in [-0.05, 0) is 24.4 Å². The highest BCUT2D eigenvalue weighted by Gasteiger charge is 2.40. The summed E-state index contributed by atoms with van der Waals surface area (Å²) in [6.45, 7) is 1.21. The van der Waals surface area contributed by atoms with Crippen molar-refractivity contribution < 1.29 is 13.2 Å². The Hall–Kier alpha value is -1.49. The van der Waals surface area contributed by atoms with Crippen LogP contribution in [0.25, 0.3) is 10.9 Å². The summed E-state index contributed by atoms with van der Waals surface area (Å²) in [5.74, 6) is 0. The van der Waals surface area contributed by atoms with E-state index in [0.29, 0.717) is 11.2 Å². The molecule has 1 aromatic carbocycles. The van der Waals surface area contributed by atoms with Crippen LogP contribution in [0.5, 0.6) is 0 Å². The van der Waals surface area contributed by atoms with Crippen LogP contribution >= 0.6 is 0 Å². The molecule has 2 nitrogen and oxygen atoms in total. The third-order valence-electron chi connectivity index (χ3n) is 2.85. The number of nitrogens with zero attached hydrogens (tertiary/aromatic N) is 1. The first-order valence-corrected chi connectivity index (χ1v) is 5.28. The number of hydrogen-bond acceptors (Lipinski definition) is 1. The Morgan fingerprint density at radius 3 is 2.53 bits per heavy atom. The minimum Gasteiger partial charge on any atom is -0.331 e. The van der Waals surface area contributed by atoms with Crippen LogP contribution < -0.4 is 5.73 Å². The van der Waals surface area contributed by atoms with Gasteiger partial charge in [-0.15, -0.1) is 0 Å². The number of halogens is 3. The van der Waals surface area contributed by atoms with Crippen LogP contribution in [0.4, 0.5) is 13.2 Å². The molecule has 2 aromatic rings. The summed E-state index contributed by atoms with van der Waals surface area (Å²) in [5.41, 5.74) is 6.41. The lowest BCUT2D eigenvalue weighted by Gasteiger charge is -2.23. The van der Waals surface area contributed by atoms with Gasteiger partial charge < -0.3 is 10.3 Å². The largest absolute Gasteiger partial charge is 0.410 e. The van der Waals surface area contributed by atoms with E-state index < -0.39 is 18.8 Å². The number of aryl methyl sites for hydroxylation is 1. The molecule has 0 aliphatic heterocycles. The summed E-state index contributed by atoms with van der Waals surface area (Å²) in [6, 6.07) is 7.07. The lowest BCUT2D eigenvalue weighted by molar-refractivity contribution is -0.164. The van der Waals surface area contributed by atoms with E-state index in [1.165, 1.54) is 4.57 Å². The number of benzene rings is 1. The van der Waals surface area contributed by atoms with Gasteiger partial charge in [0, 0.05) is 17.8 Å². The van der Waals surface area contributed by atoms with Crippen molar-refractivity contribution in [3.05, 3.63) is 36.0 Å². The fraction of sp³-hybridized carbons (Fsp3) is 0.333. The van der Waals surface area contributed by atoms with E-state index in [1.54, 1.807) is 37.3 Å². The standard InChI is InChI=1S/C12H13F3N2/c1-8-6-9-4-2-3-5-10(9)17(8)11(7-16)12(13,14)15/h2-6,11H,7,16H2,1H3. The predicted molar refractivity (Wildman–Crippen MR) is 60.8 cm³/mol. The van der Waals surface area contributed by atoms with Crippen LogP contribution in [-0.2, 0) is 0 Å². The predicted octanol–water partition coefficient (Wildman–Crippen LogP) is 3.01. The molecule has 0 aliphatic rings. The Morgan fingerprint density at radius 1 is 1.29 bits per heavy atom. The summed E-state index contributed by atoms with van der Waals surface area (Å²) in [7, 11) is 0. The molecule has 0 radical (unpaired) electrons. The van der Waals surface area contributed by atoms with Crippen molar-refractivity contribution in [1.82, 2.24) is 4.57 Å². The molecule has 1 unspecified atom stereocenters. The van der Waals surface area contributed by atoms with E-state index in [-0.39, 0.29) is 0 Å². The van der Waals surface area contributed by atoms with Crippen LogP contribution in [0.1, 0.15) is 11.7 Å². The molecule has 1 aromatic heterocycles. The topological polar surface area (TPSA) is 30.9 Å². The maximum atomic E-state index is 12.9. The molecule has 0 aliphatic carbocycles. The number of hydrogen-bond donors (Lipinski definition) is 1. The zero-order valence-electron chi connectivity index (χ0n) is 9.33. The highest BCUT2D eigenvalue weighted by atomic mass is 19.4. The Bertz CT molecular complexity index is 528. The number of para-hydroxylation sites is 1. The second-order valence-electron chi connectivity index (χ2n) is 4.01. The Balaban J connectivity index is 2.65. The van der Waals surface area contributed by atoms with Crippen LogP contribution in [0.15, 0.2) is 30.3 Å². The normalized spacial score (nSPS) is 14.2. The van der Waals surface area contributed by atoms with Crippen LogP contribution in [0.3, 0.4) is 0 Å². The van der Waals surface area contributed by atoms with Crippen LogP contribution in [0.2, 0.25) is 0 Å². The molecule has 17 heavy (non-hydrogen) atoms. The van der Waals surface area contributed by atoms with Crippen LogP contribution in [-0.4, -0.2) is 17.3 Å². The van der Waals surface area contributed by atoms with Crippen molar-refractivity contribution >= 4 is 10.9 Å². The maximum Gasteiger partial charge on any atom is 0.410 e. The van der Waals surface area contributed by atoms with Gasteiger partial charge in [-0.2, -0.15) is 13.2 Å². The van der Waals surface area contributed by atoms with Gasteiger partial charge in [0.1, 0.15) is 6.04 Å². The molecule has 92 valence electrons. The molecule has 2 N–H and O–H groups in total. The minimum absolute atomic E-state index is 0.455. The van der Waals surface area contributed by atoms with Crippen molar-refractivity contribution in [1.29, 1.82) is 0 Å². The summed E-state index contributed by atoms with van der Waals surface area (Å²) in [6.07, 6.45) is -4.33. The number of fused-ring (bicyclic) bond motifs is 1. The van der Waals surface area contributed by atoms with Gasteiger partial charge in [-0.1, -0.05) is 18.2 Å². The van der Waals surface area contributed by atoms with E-state index in [9.17, 15) is 13.2 Å². The van der Waals surface area contributed by atoms with E-state index >= 15 is 0 Å². The number of alkyl halides is 3. The second kappa shape index (κ2) is 4.07. The van der Waals surface area contributed by atoms with Crippen molar-refractivity contribution in [2.24, 2.45) is 5.73 Å². The molecule has 0 saturated heterocycles. The third kappa shape index (κ3) is 2.02. The zero-order chi connectivity index (χ0) is 12.6.